The highest BCUT2D eigenvalue weighted by molar-refractivity contribution is 7.07. The largest absolute Gasteiger partial charge is 0.487 e. The summed E-state index contributed by atoms with van der Waals surface area (Å²) in [5, 5.41) is 7.63. The van der Waals surface area contributed by atoms with E-state index in [1.807, 2.05) is 23.6 Å². The van der Waals surface area contributed by atoms with Crippen molar-refractivity contribution >= 4 is 23.1 Å². The molecule has 0 aliphatic carbocycles. The van der Waals surface area contributed by atoms with Crippen molar-refractivity contribution in [1.82, 2.24) is 10.3 Å². The van der Waals surface area contributed by atoms with Crippen LogP contribution >= 0.6 is 11.3 Å². The Hall–Kier alpha value is -2.12. The first-order valence-electron chi connectivity index (χ1n) is 7.52. The minimum atomic E-state index is -0.214. The molecule has 0 unspecified atom stereocenters. The Morgan fingerprint density at radius 3 is 3.22 bits per heavy atom. The molecule has 122 valence electrons. The maximum atomic E-state index is 11.9. The van der Waals surface area contributed by atoms with E-state index in [2.05, 4.69) is 15.6 Å². The van der Waals surface area contributed by atoms with Crippen molar-refractivity contribution in [3.05, 3.63) is 40.8 Å². The van der Waals surface area contributed by atoms with Gasteiger partial charge in [0.15, 0.2) is 0 Å². The molecule has 1 aromatic carbocycles. The van der Waals surface area contributed by atoms with Gasteiger partial charge in [-0.15, -0.1) is 11.3 Å². The van der Waals surface area contributed by atoms with Gasteiger partial charge in [0.05, 0.1) is 17.8 Å². The molecule has 1 aromatic heterocycles. The molecular weight excluding hydrogens is 314 g/mol. The molecule has 2 heterocycles. The monoisotopic (exact) mass is 333 g/mol. The lowest BCUT2D eigenvalue weighted by molar-refractivity contribution is 0.185. The van der Waals surface area contributed by atoms with Crippen molar-refractivity contribution in [1.29, 1.82) is 0 Å². The molecule has 1 saturated heterocycles. The van der Waals surface area contributed by atoms with Crippen LogP contribution in [0.1, 0.15) is 12.1 Å². The minimum Gasteiger partial charge on any atom is -0.487 e. The number of benzene rings is 1. The second-order valence-electron chi connectivity index (χ2n) is 5.36. The number of thiazole rings is 1. The number of rotatable bonds is 6. The van der Waals surface area contributed by atoms with Gasteiger partial charge in [-0.3, -0.25) is 0 Å². The summed E-state index contributed by atoms with van der Waals surface area (Å²) in [6, 6.07) is 7.11. The molecule has 6 nitrogen and oxygen atoms in total. The third-order valence-electron chi connectivity index (χ3n) is 3.54. The topological polar surface area (TPSA) is 72.5 Å². The number of carbonyl (C=O) groups is 1. The van der Waals surface area contributed by atoms with Gasteiger partial charge in [-0.05, 0) is 18.6 Å². The van der Waals surface area contributed by atoms with E-state index >= 15 is 0 Å². The first-order valence-corrected chi connectivity index (χ1v) is 8.46. The van der Waals surface area contributed by atoms with Crippen molar-refractivity contribution in [2.75, 3.05) is 25.1 Å². The summed E-state index contributed by atoms with van der Waals surface area (Å²) >= 11 is 1.54. The van der Waals surface area contributed by atoms with Crippen molar-refractivity contribution in [2.45, 2.75) is 13.0 Å². The number of nitrogens with zero attached hydrogens (tertiary/aromatic N) is 1. The predicted molar refractivity (Wildman–Crippen MR) is 88.8 cm³/mol. The number of ether oxygens (including phenoxy) is 2. The number of hydrogen-bond acceptors (Lipinski definition) is 5. The van der Waals surface area contributed by atoms with E-state index in [1.54, 1.807) is 11.6 Å². The average molecular weight is 333 g/mol. The van der Waals surface area contributed by atoms with Crippen LogP contribution in [0.4, 0.5) is 10.5 Å². The third-order valence-corrected chi connectivity index (χ3v) is 4.17. The second-order valence-corrected chi connectivity index (χ2v) is 6.08. The minimum absolute atomic E-state index is 0.214. The SMILES string of the molecule is O=C(NC[C@H]1CCOC1)Nc1cccc(OCc2cscn2)c1. The summed E-state index contributed by atoms with van der Waals surface area (Å²) in [4.78, 5) is 16.1. The van der Waals surface area contributed by atoms with Gasteiger partial charge in [0.2, 0.25) is 0 Å². The summed E-state index contributed by atoms with van der Waals surface area (Å²) in [5.41, 5.74) is 3.36. The Labute approximate surface area is 138 Å². The van der Waals surface area contributed by atoms with E-state index < -0.39 is 0 Å². The molecule has 2 aromatic rings. The van der Waals surface area contributed by atoms with Gasteiger partial charge in [-0.2, -0.15) is 0 Å². The summed E-state index contributed by atoms with van der Waals surface area (Å²) < 4.78 is 11.0. The number of anilines is 1. The molecule has 2 amide bonds. The molecule has 1 aliphatic heterocycles. The molecule has 3 rings (SSSR count). The molecule has 0 saturated carbocycles. The van der Waals surface area contributed by atoms with Crippen LogP contribution in [0.2, 0.25) is 0 Å². The molecule has 1 aliphatic rings. The lowest BCUT2D eigenvalue weighted by Crippen LogP contribution is -2.33. The van der Waals surface area contributed by atoms with Gasteiger partial charge in [0.1, 0.15) is 12.4 Å². The zero-order valence-electron chi connectivity index (χ0n) is 12.7. The first kappa shape index (κ1) is 15.8. The van der Waals surface area contributed by atoms with Crippen molar-refractivity contribution in [3.63, 3.8) is 0 Å². The molecule has 2 N–H and O–H groups in total. The number of amides is 2. The maximum absolute atomic E-state index is 11.9. The average Bonchev–Trinajstić information content (AvgIpc) is 3.25. The second kappa shape index (κ2) is 7.94. The summed E-state index contributed by atoms with van der Waals surface area (Å²) in [7, 11) is 0. The van der Waals surface area contributed by atoms with Gasteiger partial charge >= 0.3 is 6.03 Å². The highest BCUT2D eigenvalue weighted by Gasteiger charge is 2.16. The highest BCUT2D eigenvalue weighted by atomic mass is 32.1. The van der Waals surface area contributed by atoms with E-state index in [-0.39, 0.29) is 6.03 Å². The van der Waals surface area contributed by atoms with Crippen LogP contribution in [0.5, 0.6) is 5.75 Å². The maximum Gasteiger partial charge on any atom is 0.319 e. The number of nitrogens with one attached hydrogen (secondary N) is 2. The highest BCUT2D eigenvalue weighted by Crippen LogP contribution is 2.18. The number of aromatic nitrogens is 1. The lowest BCUT2D eigenvalue weighted by atomic mass is 10.1. The van der Waals surface area contributed by atoms with E-state index in [9.17, 15) is 4.79 Å². The normalized spacial score (nSPS) is 17.0. The van der Waals surface area contributed by atoms with Crippen LogP contribution in [0.3, 0.4) is 0 Å². The quantitative estimate of drug-likeness (QED) is 0.852. The van der Waals surface area contributed by atoms with Crippen molar-refractivity contribution in [3.8, 4) is 5.75 Å². The van der Waals surface area contributed by atoms with Crippen molar-refractivity contribution < 1.29 is 14.3 Å². The van der Waals surface area contributed by atoms with E-state index in [4.69, 9.17) is 9.47 Å². The molecule has 23 heavy (non-hydrogen) atoms. The van der Waals surface area contributed by atoms with Gasteiger partial charge in [-0.25, -0.2) is 9.78 Å². The molecule has 0 radical (unpaired) electrons. The zero-order valence-corrected chi connectivity index (χ0v) is 13.5. The van der Waals surface area contributed by atoms with Crippen LogP contribution < -0.4 is 15.4 Å². The van der Waals surface area contributed by atoms with Gasteiger partial charge in [0, 0.05) is 36.2 Å². The number of urea groups is 1. The van der Waals surface area contributed by atoms with Crippen LogP contribution in [-0.2, 0) is 11.3 Å². The molecule has 0 spiro atoms. The zero-order chi connectivity index (χ0) is 15.9. The van der Waals surface area contributed by atoms with Crippen LogP contribution in [0.25, 0.3) is 0 Å². The Bertz CT molecular complexity index is 627. The molecule has 1 fully saturated rings. The van der Waals surface area contributed by atoms with E-state index in [0.29, 0.717) is 30.5 Å². The molecule has 1 atom stereocenters. The van der Waals surface area contributed by atoms with Gasteiger partial charge in [0.25, 0.3) is 0 Å². The smallest absolute Gasteiger partial charge is 0.319 e. The van der Waals surface area contributed by atoms with Gasteiger partial charge < -0.3 is 20.1 Å². The van der Waals surface area contributed by atoms with Crippen LogP contribution in [0, 0.1) is 5.92 Å². The Kier molecular flexibility index (Phi) is 5.44. The fourth-order valence-corrected chi connectivity index (χ4v) is 2.83. The third kappa shape index (κ3) is 4.94. The van der Waals surface area contributed by atoms with Crippen LogP contribution in [0.15, 0.2) is 35.2 Å². The Balaban J connectivity index is 1.47. The lowest BCUT2D eigenvalue weighted by Gasteiger charge is -2.11. The van der Waals surface area contributed by atoms with E-state index in [0.717, 1.165) is 25.3 Å². The van der Waals surface area contributed by atoms with Gasteiger partial charge in [-0.1, -0.05) is 6.07 Å². The van der Waals surface area contributed by atoms with Crippen molar-refractivity contribution in [2.24, 2.45) is 5.92 Å². The standard InChI is InChI=1S/C16H19N3O3S/c20-16(17-7-12-4-5-21-8-12)19-13-2-1-3-15(6-13)22-9-14-10-23-11-18-14/h1-3,6,10-12H,4-5,7-9H2,(H2,17,19,20)/t12-/m1/s1. The first-order chi connectivity index (χ1) is 11.3. The molecule has 7 heteroatoms. The Morgan fingerprint density at radius 1 is 1.48 bits per heavy atom. The predicted octanol–water partition coefficient (Wildman–Crippen LogP) is 2.88. The van der Waals surface area contributed by atoms with Crippen LogP contribution in [-0.4, -0.2) is 30.8 Å². The Morgan fingerprint density at radius 2 is 2.43 bits per heavy atom. The molecule has 0 bridgehead atoms. The summed E-state index contributed by atoms with van der Waals surface area (Å²) in [6.07, 6.45) is 1.00. The fourth-order valence-electron chi connectivity index (χ4n) is 2.29. The summed E-state index contributed by atoms with van der Waals surface area (Å²) in [6.45, 7) is 2.55. The fraction of sp³-hybridized carbons (Fsp3) is 0.375. The summed E-state index contributed by atoms with van der Waals surface area (Å²) in [5.74, 6) is 1.11. The number of carbonyl (C=O) groups excluding carboxylic acids is 1. The van der Waals surface area contributed by atoms with E-state index in [1.165, 1.54) is 11.3 Å². The number of hydrogen-bond donors (Lipinski definition) is 2. The molecular formula is C16H19N3O3S.